The number of hydrogen-bond acceptors (Lipinski definition) is 6. The van der Waals surface area contributed by atoms with Crippen LogP contribution in [0.15, 0.2) is 53.4 Å². The van der Waals surface area contributed by atoms with Gasteiger partial charge in [0.1, 0.15) is 5.82 Å². The summed E-state index contributed by atoms with van der Waals surface area (Å²) in [5.41, 5.74) is 0.108. The first-order chi connectivity index (χ1) is 14.7. The van der Waals surface area contributed by atoms with Gasteiger partial charge in [-0.2, -0.15) is 0 Å². The van der Waals surface area contributed by atoms with Crippen molar-refractivity contribution in [2.24, 2.45) is 0 Å². The second-order valence-electron chi connectivity index (χ2n) is 6.93. The van der Waals surface area contributed by atoms with Crippen molar-refractivity contribution in [2.75, 3.05) is 13.6 Å². The van der Waals surface area contributed by atoms with Crippen molar-refractivity contribution in [2.45, 2.75) is 30.3 Å². The molecule has 1 aliphatic rings. The van der Waals surface area contributed by atoms with Crippen LogP contribution in [-0.2, 0) is 19.6 Å². The molecule has 0 unspecified atom stereocenters. The summed E-state index contributed by atoms with van der Waals surface area (Å²) in [5, 5.41) is 0. The molecule has 1 N–H and O–H groups in total. The van der Waals surface area contributed by atoms with E-state index in [1.54, 1.807) is 0 Å². The van der Waals surface area contributed by atoms with E-state index in [1.807, 2.05) is 0 Å². The molecule has 0 saturated carbocycles. The molecule has 0 bridgehead atoms. The zero-order valence-corrected chi connectivity index (χ0v) is 17.5. The van der Waals surface area contributed by atoms with E-state index in [0.29, 0.717) is 12.8 Å². The van der Waals surface area contributed by atoms with Gasteiger partial charge in [-0.3, -0.25) is 14.5 Å². The van der Waals surface area contributed by atoms with E-state index in [4.69, 9.17) is 4.74 Å². The van der Waals surface area contributed by atoms with E-state index in [9.17, 15) is 27.2 Å². The summed E-state index contributed by atoms with van der Waals surface area (Å²) < 4.78 is 44.5. The molecule has 0 aromatic heterocycles. The lowest BCUT2D eigenvalue weighted by molar-refractivity contribution is -0.137. The number of nitrogens with zero attached hydrogens (tertiary/aromatic N) is 1. The van der Waals surface area contributed by atoms with Gasteiger partial charge in [0.25, 0.3) is 11.8 Å². The maximum absolute atomic E-state index is 13.1. The molecule has 0 spiro atoms. The van der Waals surface area contributed by atoms with Crippen LogP contribution < -0.4 is 4.72 Å². The van der Waals surface area contributed by atoms with Gasteiger partial charge >= 0.3 is 5.97 Å². The molecule has 1 heterocycles. The summed E-state index contributed by atoms with van der Waals surface area (Å²) in [5.74, 6) is -2.65. The Hall–Kier alpha value is -3.11. The first-order valence-corrected chi connectivity index (χ1v) is 11.1. The number of imide groups is 1. The van der Waals surface area contributed by atoms with Gasteiger partial charge in [-0.05, 0) is 68.8 Å². The first-order valence-electron chi connectivity index (χ1n) is 9.59. The van der Waals surface area contributed by atoms with Crippen molar-refractivity contribution in [1.82, 2.24) is 9.62 Å². The number of nitrogens with one attached hydrogen (secondary N) is 1. The lowest BCUT2D eigenvalue weighted by atomic mass is 10.1. The summed E-state index contributed by atoms with van der Waals surface area (Å²) in [7, 11) is -2.51. The standard InChI is InChI=1S/C21H21FN2O6S/c1-23-31(28,29)17-6-4-5-15(13-17)21(27)30-18-7-2-3-12-24(20(18)26)19(25)14-8-10-16(22)11-9-14/h4-6,8-11,13,18,23H,2-3,7,12H2,1H3/t18-/m1/s1. The van der Waals surface area contributed by atoms with Gasteiger partial charge in [-0.15, -0.1) is 0 Å². The number of rotatable bonds is 5. The lowest BCUT2D eigenvalue weighted by Gasteiger charge is -2.23. The second-order valence-corrected chi connectivity index (χ2v) is 8.81. The molecule has 8 nitrogen and oxygen atoms in total. The number of carbonyl (C=O) groups excluding carboxylic acids is 3. The Morgan fingerprint density at radius 2 is 1.81 bits per heavy atom. The minimum Gasteiger partial charge on any atom is -0.449 e. The van der Waals surface area contributed by atoms with Gasteiger partial charge in [0.15, 0.2) is 6.10 Å². The zero-order chi connectivity index (χ0) is 22.6. The number of esters is 1. The smallest absolute Gasteiger partial charge is 0.338 e. The fourth-order valence-electron chi connectivity index (χ4n) is 3.17. The average Bonchev–Trinajstić information content (AvgIpc) is 2.95. The van der Waals surface area contributed by atoms with Crippen LogP contribution in [0.3, 0.4) is 0 Å². The third-order valence-electron chi connectivity index (χ3n) is 4.87. The van der Waals surface area contributed by atoms with E-state index in [-0.39, 0.29) is 29.0 Å². The first kappa shape index (κ1) is 22.6. The SMILES string of the molecule is CNS(=O)(=O)c1cccc(C(=O)O[C@@H]2CCCCN(C(=O)c3ccc(F)cc3)C2=O)c1. The Bertz CT molecular complexity index is 1100. The molecular weight excluding hydrogens is 427 g/mol. The highest BCUT2D eigenvalue weighted by Crippen LogP contribution is 2.20. The van der Waals surface area contributed by atoms with Crippen molar-refractivity contribution in [3.63, 3.8) is 0 Å². The maximum atomic E-state index is 13.1. The van der Waals surface area contributed by atoms with E-state index >= 15 is 0 Å². The Balaban J connectivity index is 1.78. The number of sulfonamides is 1. The predicted octanol–water partition coefficient (Wildman–Crippen LogP) is 2.11. The minimum absolute atomic E-state index is 0.0372. The topological polar surface area (TPSA) is 110 Å². The van der Waals surface area contributed by atoms with Crippen LogP contribution in [0.4, 0.5) is 4.39 Å². The third kappa shape index (κ3) is 5.15. The van der Waals surface area contributed by atoms with Crippen molar-refractivity contribution < 1.29 is 31.9 Å². The molecule has 1 aliphatic heterocycles. The predicted molar refractivity (Wildman–Crippen MR) is 108 cm³/mol. The second kappa shape index (κ2) is 9.36. The molecule has 1 saturated heterocycles. The molecular formula is C21H21FN2O6S. The number of amides is 2. The molecule has 3 rings (SSSR count). The van der Waals surface area contributed by atoms with E-state index < -0.39 is 39.7 Å². The number of likely N-dealkylation sites (tertiary alicyclic amines) is 1. The highest BCUT2D eigenvalue weighted by molar-refractivity contribution is 7.89. The van der Waals surface area contributed by atoms with Crippen LogP contribution in [0, 0.1) is 5.82 Å². The van der Waals surface area contributed by atoms with Gasteiger partial charge in [-0.25, -0.2) is 22.3 Å². The zero-order valence-electron chi connectivity index (χ0n) is 16.7. The Labute approximate surface area is 179 Å². The van der Waals surface area contributed by atoms with Gasteiger partial charge < -0.3 is 4.74 Å². The molecule has 10 heteroatoms. The van der Waals surface area contributed by atoms with Gasteiger partial charge in [-0.1, -0.05) is 6.07 Å². The number of ether oxygens (including phenoxy) is 1. The van der Waals surface area contributed by atoms with Crippen LogP contribution in [0.2, 0.25) is 0 Å². The van der Waals surface area contributed by atoms with Gasteiger partial charge in [0.2, 0.25) is 10.0 Å². The number of halogens is 1. The molecule has 2 amide bonds. The Morgan fingerprint density at radius 1 is 1.10 bits per heavy atom. The summed E-state index contributed by atoms with van der Waals surface area (Å²) >= 11 is 0. The van der Waals surface area contributed by atoms with Gasteiger partial charge in [0.05, 0.1) is 10.5 Å². The monoisotopic (exact) mass is 448 g/mol. The largest absolute Gasteiger partial charge is 0.449 e. The Morgan fingerprint density at radius 3 is 2.48 bits per heavy atom. The van der Waals surface area contributed by atoms with Crippen LogP contribution in [0.1, 0.15) is 40.0 Å². The summed E-state index contributed by atoms with van der Waals surface area (Å²) in [4.78, 5) is 39.1. The van der Waals surface area contributed by atoms with Crippen molar-refractivity contribution >= 4 is 27.8 Å². The van der Waals surface area contributed by atoms with Crippen LogP contribution in [-0.4, -0.2) is 50.8 Å². The van der Waals surface area contributed by atoms with Gasteiger partial charge in [0, 0.05) is 12.1 Å². The summed E-state index contributed by atoms with van der Waals surface area (Å²) in [6.07, 6.45) is 0.115. The summed E-state index contributed by atoms with van der Waals surface area (Å²) in [6, 6.07) is 10.0. The highest BCUT2D eigenvalue weighted by atomic mass is 32.2. The van der Waals surface area contributed by atoms with Crippen molar-refractivity contribution in [3.8, 4) is 0 Å². The molecule has 2 aromatic carbocycles. The van der Waals surface area contributed by atoms with Crippen molar-refractivity contribution in [3.05, 3.63) is 65.5 Å². The maximum Gasteiger partial charge on any atom is 0.338 e. The number of benzene rings is 2. The lowest BCUT2D eigenvalue weighted by Crippen LogP contribution is -2.43. The molecule has 1 atom stereocenters. The number of hydrogen-bond donors (Lipinski definition) is 1. The molecule has 2 aromatic rings. The quantitative estimate of drug-likeness (QED) is 0.554. The number of carbonyl (C=O) groups is 3. The average molecular weight is 448 g/mol. The van der Waals surface area contributed by atoms with E-state index in [0.717, 1.165) is 23.1 Å². The van der Waals surface area contributed by atoms with Crippen LogP contribution >= 0.6 is 0 Å². The fourth-order valence-corrected chi connectivity index (χ4v) is 3.95. The molecule has 0 aliphatic carbocycles. The van der Waals surface area contributed by atoms with Crippen LogP contribution in [0.25, 0.3) is 0 Å². The molecule has 31 heavy (non-hydrogen) atoms. The normalized spacial score (nSPS) is 17.2. The minimum atomic E-state index is -3.76. The fraction of sp³-hybridized carbons (Fsp3) is 0.286. The highest BCUT2D eigenvalue weighted by Gasteiger charge is 2.34. The molecule has 164 valence electrons. The Kier molecular flexibility index (Phi) is 6.81. The van der Waals surface area contributed by atoms with E-state index in [1.165, 1.54) is 37.4 Å². The molecule has 0 radical (unpaired) electrons. The summed E-state index contributed by atoms with van der Waals surface area (Å²) in [6.45, 7) is 0.152. The molecule has 1 fully saturated rings. The van der Waals surface area contributed by atoms with Crippen LogP contribution in [0.5, 0.6) is 0 Å². The van der Waals surface area contributed by atoms with Crippen molar-refractivity contribution in [1.29, 1.82) is 0 Å². The van der Waals surface area contributed by atoms with E-state index in [2.05, 4.69) is 4.72 Å². The third-order valence-corrected chi connectivity index (χ3v) is 6.29.